The lowest BCUT2D eigenvalue weighted by Gasteiger charge is -2.44. The van der Waals surface area contributed by atoms with Gasteiger partial charge in [0.15, 0.2) is 22.2 Å². The van der Waals surface area contributed by atoms with Crippen molar-refractivity contribution in [3.05, 3.63) is 21.7 Å². The highest BCUT2D eigenvalue weighted by molar-refractivity contribution is 7.09. The predicted octanol–water partition coefficient (Wildman–Crippen LogP) is 10.0. The molecule has 2 aliphatic rings. The quantitative estimate of drug-likeness (QED) is 0.118. The molecule has 50 heavy (non-hydrogen) atoms. The molecule has 0 aliphatic carbocycles. The Bertz CT molecular complexity index is 1350. The Morgan fingerprint density at radius 2 is 1.62 bits per heavy atom. The summed E-state index contributed by atoms with van der Waals surface area (Å²) in [6, 6.07) is 8.15. The van der Waals surface area contributed by atoms with E-state index in [-0.39, 0.29) is 30.3 Å². The molecule has 0 amide bonds. The molecule has 0 spiro atoms. The molecule has 1 unspecified atom stereocenters. The molecule has 7 atom stereocenters. The molecule has 2 aliphatic heterocycles. The molecule has 2 saturated heterocycles. The van der Waals surface area contributed by atoms with E-state index in [1.54, 1.807) is 11.3 Å². The first-order valence-electron chi connectivity index (χ1n) is 19.3. The first-order valence-corrected chi connectivity index (χ1v) is 25.3. The van der Waals surface area contributed by atoms with Crippen molar-refractivity contribution in [1.29, 1.82) is 5.26 Å². The van der Waals surface area contributed by atoms with Gasteiger partial charge in [0.2, 0.25) is 0 Å². The molecule has 8 nitrogen and oxygen atoms in total. The van der Waals surface area contributed by atoms with Crippen molar-refractivity contribution >= 4 is 45.8 Å². The third-order valence-electron chi connectivity index (χ3n) is 12.3. The number of ketones is 1. The van der Waals surface area contributed by atoms with E-state index in [1.807, 2.05) is 46.1 Å². The van der Waals surface area contributed by atoms with Gasteiger partial charge >= 0.3 is 5.97 Å². The van der Waals surface area contributed by atoms with Crippen molar-refractivity contribution in [2.24, 2.45) is 17.3 Å². The summed E-state index contributed by atoms with van der Waals surface area (Å²) in [5, 5.41) is 13.3. The summed E-state index contributed by atoms with van der Waals surface area (Å²) in [6.07, 6.45) is 2.62. The minimum Gasteiger partial charge on any atom is -0.458 e. The Morgan fingerprint density at radius 3 is 2.14 bits per heavy atom. The number of cyclic esters (lactones) is 1. The zero-order valence-corrected chi connectivity index (χ0v) is 36.0. The lowest BCUT2D eigenvalue weighted by atomic mass is 9.73. The molecule has 3 heterocycles. The number of fused-ring (bicyclic) bond motifs is 1. The number of ether oxygens (including phenoxy) is 2. The summed E-state index contributed by atoms with van der Waals surface area (Å²) in [5.74, 6) is -0.641. The second kappa shape index (κ2) is 17.9. The third kappa shape index (κ3) is 9.84. The van der Waals surface area contributed by atoms with Crippen LogP contribution in [0.1, 0.15) is 119 Å². The van der Waals surface area contributed by atoms with Crippen LogP contribution in [-0.2, 0) is 27.9 Å². The molecular formula is C39H66N2O6SSi2. The Labute approximate surface area is 309 Å². The fraction of sp³-hybridized carbons (Fsp3) is 0.795. The van der Waals surface area contributed by atoms with Gasteiger partial charge in [-0.3, -0.25) is 9.59 Å². The monoisotopic (exact) mass is 746 g/mol. The molecule has 11 heteroatoms. The average Bonchev–Trinajstić information content (AvgIpc) is 3.63. The summed E-state index contributed by atoms with van der Waals surface area (Å²) in [7, 11) is -4.33. The predicted molar refractivity (Wildman–Crippen MR) is 208 cm³/mol. The van der Waals surface area contributed by atoms with E-state index in [0.717, 1.165) is 65.4 Å². The van der Waals surface area contributed by atoms with E-state index >= 15 is 0 Å². The molecule has 0 radical (unpaired) electrons. The smallest absolute Gasteiger partial charge is 0.309 e. The lowest BCUT2D eigenvalue weighted by molar-refractivity contribution is -0.153. The topological polar surface area (TPSA) is 111 Å². The molecular weight excluding hydrogens is 681 g/mol. The van der Waals surface area contributed by atoms with Crippen molar-refractivity contribution in [2.75, 3.05) is 0 Å². The number of hydrogen-bond donors (Lipinski definition) is 0. The second-order valence-electron chi connectivity index (χ2n) is 15.6. The fourth-order valence-electron chi connectivity index (χ4n) is 7.98. The van der Waals surface area contributed by atoms with E-state index in [1.165, 1.54) is 0 Å². The molecule has 0 bridgehead atoms. The average molecular weight is 747 g/mol. The number of carbonyl (C=O) groups excluding carboxylic acids is 2. The van der Waals surface area contributed by atoms with Gasteiger partial charge in [-0.2, -0.15) is 5.26 Å². The summed E-state index contributed by atoms with van der Waals surface area (Å²) in [6.45, 7) is 25.2. The summed E-state index contributed by atoms with van der Waals surface area (Å²) >= 11 is 1.57. The van der Waals surface area contributed by atoms with Crippen molar-refractivity contribution in [3.8, 4) is 6.07 Å². The van der Waals surface area contributed by atoms with Crippen molar-refractivity contribution in [3.63, 3.8) is 0 Å². The van der Waals surface area contributed by atoms with Crippen molar-refractivity contribution in [2.45, 2.75) is 181 Å². The van der Waals surface area contributed by atoms with Gasteiger partial charge in [0.1, 0.15) is 24.1 Å². The van der Waals surface area contributed by atoms with Crippen molar-refractivity contribution < 1.29 is 27.9 Å². The van der Waals surface area contributed by atoms with Crippen LogP contribution in [0.2, 0.25) is 36.3 Å². The number of hydrogen-bond acceptors (Lipinski definition) is 9. The van der Waals surface area contributed by atoms with Gasteiger partial charge in [-0.25, -0.2) is 4.98 Å². The molecule has 0 aromatic carbocycles. The number of aryl methyl sites for hydroxylation is 1. The van der Waals surface area contributed by atoms with Gasteiger partial charge in [0.05, 0.1) is 29.3 Å². The minimum atomic E-state index is -2.25. The Kier molecular flexibility index (Phi) is 15.3. The van der Waals surface area contributed by atoms with Crippen LogP contribution in [0.25, 0.3) is 6.08 Å². The van der Waals surface area contributed by atoms with Crippen LogP contribution in [0.4, 0.5) is 0 Å². The zero-order valence-electron chi connectivity index (χ0n) is 33.1. The highest BCUT2D eigenvalue weighted by atomic mass is 32.1. The van der Waals surface area contributed by atoms with Gasteiger partial charge in [-0.1, -0.05) is 69.2 Å². The van der Waals surface area contributed by atoms with Gasteiger partial charge < -0.3 is 18.3 Å². The highest BCUT2D eigenvalue weighted by Gasteiger charge is 2.58. The molecule has 0 N–H and O–H groups in total. The highest BCUT2D eigenvalue weighted by Crippen LogP contribution is 2.46. The number of nitriles is 1. The largest absolute Gasteiger partial charge is 0.458 e. The van der Waals surface area contributed by atoms with Crippen LogP contribution in [0.5, 0.6) is 0 Å². The van der Waals surface area contributed by atoms with E-state index in [2.05, 4.69) is 59.5 Å². The number of nitrogens with zero attached hydrogens (tertiary/aromatic N) is 2. The van der Waals surface area contributed by atoms with E-state index in [9.17, 15) is 14.9 Å². The first kappa shape index (κ1) is 42.7. The molecule has 1 aromatic rings. The molecule has 0 saturated carbocycles. The lowest BCUT2D eigenvalue weighted by Crippen LogP contribution is -2.53. The van der Waals surface area contributed by atoms with Crippen LogP contribution in [0.15, 0.2) is 11.0 Å². The summed E-state index contributed by atoms with van der Waals surface area (Å²) in [4.78, 5) is 33.6. The Balaban J connectivity index is 2.11. The molecule has 282 valence electrons. The zero-order chi connectivity index (χ0) is 37.5. The van der Waals surface area contributed by atoms with E-state index in [4.69, 9.17) is 18.3 Å². The standard InChI is InChI=1S/C39H66N2O6SSi2/c1-13-49(14-2,15-3)46-33-24-35(42)44-32(28(8)22-31-25-48-30(10)41-31)23-34-39(26-40,45-34)21-19-20-27(7)36(29(9)37(43)38(33,11)12)47-50(16-4,17-5)18-6/h22,25,27,29,32-34,36H,13-21,23-24H2,1-12H3/b28-22+/t27-,29+,32-,33-,34?,36-,39+/m0/s1. The maximum atomic E-state index is 14.9. The number of aromatic nitrogens is 1. The first-order chi connectivity index (χ1) is 23.5. The molecule has 1 aromatic heterocycles. The number of thiazole rings is 1. The maximum Gasteiger partial charge on any atom is 0.309 e. The minimum absolute atomic E-state index is 0.0344. The van der Waals surface area contributed by atoms with Gasteiger partial charge in [-0.15, -0.1) is 11.3 Å². The van der Waals surface area contributed by atoms with E-state index < -0.39 is 51.7 Å². The number of rotatable bonds is 12. The number of Topliss-reactive ketones (excluding diaryl/α,β-unsaturated/α-hetero) is 1. The number of esters is 1. The van der Waals surface area contributed by atoms with Crippen LogP contribution >= 0.6 is 11.3 Å². The van der Waals surface area contributed by atoms with Crippen LogP contribution in [0, 0.1) is 35.5 Å². The SMILES string of the molecule is CC[Si](CC)(CC)O[C@H]1[C@@H](C)CCC[C@]2(C#N)OC2C[C@@H](/C(C)=C/c2csc(C)n2)OC(=O)C[C@H](O[Si](CC)(CC)CC)C(C)(C)C(=O)[C@@H]1C. The Morgan fingerprint density at radius 1 is 1.04 bits per heavy atom. The summed E-state index contributed by atoms with van der Waals surface area (Å²) in [5.41, 5.74) is -0.211. The van der Waals surface area contributed by atoms with Crippen LogP contribution in [-0.4, -0.2) is 63.4 Å². The maximum absolute atomic E-state index is 14.9. The van der Waals surface area contributed by atoms with Gasteiger partial charge in [-0.05, 0) is 86.9 Å². The summed E-state index contributed by atoms with van der Waals surface area (Å²) < 4.78 is 26.8. The number of epoxide rings is 1. The molecule has 3 rings (SSSR count). The van der Waals surface area contributed by atoms with Crippen molar-refractivity contribution in [1.82, 2.24) is 4.98 Å². The van der Waals surface area contributed by atoms with Crippen LogP contribution in [0.3, 0.4) is 0 Å². The number of carbonyl (C=O) groups is 2. The van der Waals surface area contributed by atoms with Gasteiger partial charge in [0, 0.05) is 23.1 Å². The van der Waals surface area contributed by atoms with Crippen LogP contribution < -0.4 is 0 Å². The normalized spacial score (nSPS) is 30.3. The van der Waals surface area contributed by atoms with Gasteiger partial charge in [0.25, 0.3) is 0 Å². The second-order valence-corrected chi connectivity index (χ2v) is 26.1. The van der Waals surface area contributed by atoms with E-state index in [0.29, 0.717) is 12.8 Å². The third-order valence-corrected chi connectivity index (χ3v) is 22.4. The molecule has 2 fully saturated rings. The fourth-order valence-corrected chi connectivity index (χ4v) is 14.5. The Hall–Kier alpha value is -1.69.